The first-order chi connectivity index (χ1) is 8.12. The number of rotatable bonds is 5. The molecule has 1 atom stereocenters. The molecule has 1 amide bonds. The first-order valence-corrected chi connectivity index (χ1v) is 5.54. The van der Waals surface area contributed by atoms with Crippen molar-refractivity contribution in [3.63, 3.8) is 0 Å². The number of carbonyl (C=O) groups excluding carboxylic acids is 1. The molecule has 0 aliphatic rings. The maximum absolute atomic E-state index is 11.4. The zero-order chi connectivity index (χ0) is 12.8. The monoisotopic (exact) mass is 237 g/mol. The van der Waals surface area contributed by atoms with E-state index in [0.29, 0.717) is 6.42 Å². The van der Waals surface area contributed by atoms with Gasteiger partial charge in [-0.1, -0.05) is 6.92 Å². The molecule has 0 aliphatic carbocycles. The number of nitrogens with one attached hydrogen (secondary N) is 1. The van der Waals surface area contributed by atoms with E-state index in [1.54, 1.807) is 21.3 Å². The predicted octanol–water partition coefficient (Wildman–Crippen LogP) is 1.94. The number of methoxy groups -OCH3 is 2. The van der Waals surface area contributed by atoms with Crippen molar-refractivity contribution in [3.05, 3.63) is 23.8 Å². The van der Waals surface area contributed by atoms with Gasteiger partial charge in [-0.3, -0.25) is 4.79 Å². The smallest absolute Gasteiger partial charge is 0.220 e. The third-order valence-electron chi connectivity index (χ3n) is 2.74. The maximum atomic E-state index is 11.4. The van der Waals surface area contributed by atoms with Crippen molar-refractivity contribution in [2.75, 3.05) is 21.3 Å². The number of hydrogen-bond acceptors (Lipinski definition) is 3. The number of hydrogen-bond donors (Lipinski definition) is 1. The number of carbonyl (C=O) groups is 1. The van der Waals surface area contributed by atoms with Gasteiger partial charge in [0.15, 0.2) is 0 Å². The predicted molar refractivity (Wildman–Crippen MR) is 66.6 cm³/mol. The summed E-state index contributed by atoms with van der Waals surface area (Å²) in [6.45, 7) is 1.99. The molecule has 4 nitrogen and oxygen atoms in total. The van der Waals surface area contributed by atoms with Crippen LogP contribution in [0.25, 0.3) is 0 Å². The summed E-state index contributed by atoms with van der Waals surface area (Å²) >= 11 is 0. The Bertz CT molecular complexity index is 390. The minimum atomic E-state index is 0.0161. The Kier molecular flexibility index (Phi) is 4.82. The van der Waals surface area contributed by atoms with Gasteiger partial charge in [-0.2, -0.15) is 0 Å². The van der Waals surface area contributed by atoms with Crippen LogP contribution in [0.1, 0.15) is 24.8 Å². The van der Waals surface area contributed by atoms with Crippen LogP contribution in [0.5, 0.6) is 11.5 Å². The van der Waals surface area contributed by atoms with Crippen molar-refractivity contribution < 1.29 is 14.3 Å². The van der Waals surface area contributed by atoms with E-state index in [1.807, 2.05) is 25.1 Å². The van der Waals surface area contributed by atoms with Crippen LogP contribution < -0.4 is 14.8 Å². The molecule has 0 bridgehead atoms. The molecule has 17 heavy (non-hydrogen) atoms. The Labute approximate surface area is 102 Å². The molecular weight excluding hydrogens is 218 g/mol. The SMILES string of the molecule is CNC(=O)CC(C)c1cc(OC)ccc1OC. The molecule has 1 aromatic rings. The summed E-state index contributed by atoms with van der Waals surface area (Å²) in [6, 6.07) is 5.61. The first kappa shape index (κ1) is 13.4. The third-order valence-corrected chi connectivity index (χ3v) is 2.74. The summed E-state index contributed by atoms with van der Waals surface area (Å²) in [6.07, 6.45) is 0.431. The van der Waals surface area contributed by atoms with Crippen LogP contribution in [-0.4, -0.2) is 27.2 Å². The second-order valence-corrected chi connectivity index (χ2v) is 3.89. The molecule has 1 unspecified atom stereocenters. The van der Waals surface area contributed by atoms with Gasteiger partial charge in [0, 0.05) is 19.0 Å². The lowest BCUT2D eigenvalue weighted by Gasteiger charge is -2.16. The van der Waals surface area contributed by atoms with Crippen molar-refractivity contribution in [3.8, 4) is 11.5 Å². The molecule has 1 N–H and O–H groups in total. The first-order valence-electron chi connectivity index (χ1n) is 5.54. The van der Waals surface area contributed by atoms with Crippen molar-refractivity contribution in [1.82, 2.24) is 5.32 Å². The van der Waals surface area contributed by atoms with Crippen molar-refractivity contribution in [1.29, 1.82) is 0 Å². The summed E-state index contributed by atoms with van der Waals surface area (Å²) < 4.78 is 10.5. The molecule has 0 radical (unpaired) electrons. The quantitative estimate of drug-likeness (QED) is 0.851. The lowest BCUT2D eigenvalue weighted by Crippen LogP contribution is -2.19. The molecule has 0 spiro atoms. The minimum absolute atomic E-state index is 0.0161. The average molecular weight is 237 g/mol. The fourth-order valence-electron chi connectivity index (χ4n) is 1.71. The summed E-state index contributed by atoms with van der Waals surface area (Å²) in [7, 11) is 4.88. The van der Waals surface area contributed by atoms with Gasteiger partial charge in [-0.05, 0) is 24.1 Å². The highest BCUT2D eigenvalue weighted by atomic mass is 16.5. The summed E-state index contributed by atoms with van der Waals surface area (Å²) in [4.78, 5) is 11.4. The van der Waals surface area contributed by atoms with Crippen LogP contribution >= 0.6 is 0 Å². The zero-order valence-electron chi connectivity index (χ0n) is 10.7. The minimum Gasteiger partial charge on any atom is -0.497 e. The molecular formula is C13H19NO3. The summed E-state index contributed by atoms with van der Waals surface area (Å²) in [5.41, 5.74) is 0.982. The molecule has 1 rings (SSSR count). The van der Waals surface area contributed by atoms with E-state index in [2.05, 4.69) is 5.32 Å². The van der Waals surface area contributed by atoms with Crippen molar-refractivity contribution >= 4 is 5.91 Å². The van der Waals surface area contributed by atoms with Gasteiger partial charge in [0.25, 0.3) is 0 Å². The lowest BCUT2D eigenvalue weighted by molar-refractivity contribution is -0.120. The molecule has 4 heteroatoms. The van der Waals surface area contributed by atoms with Crippen LogP contribution in [0.3, 0.4) is 0 Å². The number of benzene rings is 1. The Balaban J connectivity index is 2.96. The second kappa shape index (κ2) is 6.13. The van der Waals surface area contributed by atoms with Crippen molar-refractivity contribution in [2.45, 2.75) is 19.3 Å². The van der Waals surface area contributed by atoms with E-state index in [0.717, 1.165) is 17.1 Å². The Morgan fingerprint density at radius 3 is 2.59 bits per heavy atom. The van der Waals surface area contributed by atoms with E-state index in [-0.39, 0.29) is 11.8 Å². The highest BCUT2D eigenvalue weighted by Crippen LogP contribution is 2.32. The Morgan fingerprint density at radius 1 is 1.35 bits per heavy atom. The maximum Gasteiger partial charge on any atom is 0.220 e. The number of ether oxygens (including phenoxy) is 2. The molecule has 0 aliphatic heterocycles. The molecule has 0 saturated carbocycles. The van der Waals surface area contributed by atoms with Gasteiger partial charge >= 0.3 is 0 Å². The normalized spacial score (nSPS) is 11.8. The van der Waals surface area contributed by atoms with E-state index >= 15 is 0 Å². The third kappa shape index (κ3) is 3.37. The van der Waals surface area contributed by atoms with Crippen molar-refractivity contribution in [2.24, 2.45) is 0 Å². The van der Waals surface area contributed by atoms with Gasteiger partial charge < -0.3 is 14.8 Å². The van der Waals surface area contributed by atoms with Crippen LogP contribution in [0.4, 0.5) is 0 Å². The summed E-state index contributed by atoms with van der Waals surface area (Å²) in [5.74, 6) is 1.65. The standard InChI is InChI=1S/C13H19NO3/c1-9(7-13(15)14-2)11-8-10(16-3)5-6-12(11)17-4/h5-6,8-9H,7H2,1-4H3,(H,14,15). The van der Waals surface area contributed by atoms with Gasteiger partial charge in [0.05, 0.1) is 14.2 Å². The fraction of sp³-hybridized carbons (Fsp3) is 0.462. The highest BCUT2D eigenvalue weighted by Gasteiger charge is 2.15. The van der Waals surface area contributed by atoms with E-state index in [4.69, 9.17) is 9.47 Å². The molecule has 0 aromatic heterocycles. The molecule has 0 heterocycles. The van der Waals surface area contributed by atoms with E-state index in [9.17, 15) is 4.79 Å². The lowest BCUT2D eigenvalue weighted by atomic mass is 9.96. The topological polar surface area (TPSA) is 47.6 Å². The molecule has 0 fully saturated rings. The van der Waals surface area contributed by atoms with E-state index < -0.39 is 0 Å². The van der Waals surface area contributed by atoms with Gasteiger partial charge in [0.1, 0.15) is 11.5 Å². The van der Waals surface area contributed by atoms with Crippen LogP contribution in [-0.2, 0) is 4.79 Å². The van der Waals surface area contributed by atoms with Gasteiger partial charge in [0.2, 0.25) is 5.91 Å². The summed E-state index contributed by atoms with van der Waals surface area (Å²) in [5, 5.41) is 2.62. The van der Waals surface area contributed by atoms with E-state index in [1.165, 1.54) is 0 Å². The molecule has 0 saturated heterocycles. The van der Waals surface area contributed by atoms with Gasteiger partial charge in [-0.15, -0.1) is 0 Å². The Hall–Kier alpha value is -1.71. The van der Waals surface area contributed by atoms with Crippen LogP contribution in [0, 0.1) is 0 Å². The van der Waals surface area contributed by atoms with Crippen LogP contribution in [0.2, 0.25) is 0 Å². The Morgan fingerprint density at radius 2 is 2.06 bits per heavy atom. The average Bonchev–Trinajstić information content (AvgIpc) is 2.37. The second-order valence-electron chi connectivity index (χ2n) is 3.89. The van der Waals surface area contributed by atoms with Gasteiger partial charge in [-0.25, -0.2) is 0 Å². The highest BCUT2D eigenvalue weighted by molar-refractivity contribution is 5.76. The largest absolute Gasteiger partial charge is 0.497 e. The fourth-order valence-corrected chi connectivity index (χ4v) is 1.71. The molecule has 1 aromatic carbocycles. The number of amides is 1. The zero-order valence-corrected chi connectivity index (χ0v) is 10.7. The van der Waals surface area contributed by atoms with Crippen LogP contribution in [0.15, 0.2) is 18.2 Å². The molecule has 94 valence electrons.